The lowest BCUT2D eigenvalue weighted by Gasteiger charge is -2.06. The van der Waals surface area contributed by atoms with Crippen LogP contribution < -0.4 is 0 Å². The van der Waals surface area contributed by atoms with Crippen molar-refractivity contribution in [1.29, 1.82) is 0 Å². The summed E-state index contributed by atoms with van der Waals surface area (Å²) >= 11 is 0. The first-order chi connectivity index (χ1) is 10.3. The van der Waals surface area contributed by atoms with Crippen molar-refractivity contribution in [2.75, 3.05) is 0 Å². The van der Waals surface area contributed by atoms with E-state index >= 15 is 0 Å². The van der Waals surface area contributed by atoms with Crippen LogP contribution in [0.4, 0.5) is 0 Å². The van der Waals surface area contributed by atoms with Crippen molar-refractivity contribution in [1.82, 2.24) is 0 Å². The summed E-state index contributed by atoms with van der Waals surface area (Å²) in [7, 11) is 0. The SMILES string of the molecule is C=CC1=C(/C=C\C)c2ccccc2C1C.CC.CC.CC. The minimum absolute atomic E-state index is 0.477. The quantitative estimate of drug-likeness (QED) is 0.531. The van der Waals surface area contributed by atoms with Gasteiger partial charge in [0.05, 0.1) is 0 Å². The average Bonchev–Trinajstić information content (AvgIpc) is 2.86. The fourth-order valence-electron chi connectivity index (χ4n) is 2.32. The Hall–Kier alpha value is -1.56. The molecule has 0 fully saturated rings. The molecule has 0 saturated heterocycles. The normalized spacial score (nSPS) is 15.0. The van der Waals surface area contributed by atoms with Gasteiger partial charge in [0, 0.05) is 5.92 Å². The molecule has 1 aliphatic carbocycles. The molecule has 0 amide bonds. The summed E-state index contributed by atoms with van der Waals surface area (Å²) in [5.74, 6) is 0.477. The summed E-state index contributed by atoms with van der Waals surface area (Å²) in [5, 5.41) is 0. The van der Waals surface area contributed by atoms with Gasteiger partial charge >= 0.3 is 0 Å². The van der Waals surface area contributed by atoms with Gasteiger partial charge in [0.15, 0.2) is 0 Å². The molecule has 1 aliphatic rings. The van der Waals surface area contributed by atoms with Gasteiger partial charge in [-0.25, -0.2) is 0 Å². The smallest absolute Gasteiger partial charge is 0.00730 e. The molecule has 21 heavy (non-hydrogen) atoms. The third-order valence-electron chi connectivity index (χ3n) is 3.05. The standard InChI is InChI=1S/C15H16.3C2H6/c1-4-8-14-12(5-2)11(3)13-9-6-7-10-15(13)14;3*1-2/h4-11H,2H2,1,3H3;3*1-2H3/b8-4-;;;. The number of rotatable bonds is 2. The first-order valence-corrected chi connectivity index (χ1v) is 8.38. The number of hydrogen-bond donors (Lipinski definition) is 0. The molecule has 0 aromatic heterocycles. The Bertz CT molecular complexity index is 447. The maximum absolute atomic E-state index is 3.92. The van der Waals surface area contributed by atoms with E-state index < -0.39 is 0 Å². The predicted octanol–water partition coefficient (Wildman–Crippen LogP) is 7.40. The van der Waals surface area contributed by atoms with Gasteiger partial charge in [-0.15, -0.1) is 0 Å². The Morgan fingerprint density at radius 2 is 1.48 bits per heavy atom. The zero-order valence-electron chi connectivity index (χ0n) is 15.3. The van der Waals surface area contributed by atoms with E-state index in [9.17, 15) is 0 Å². The van der Waals surface area contributed by atoms with Crippen molar-refractivity contribution in [3.05, 3.63) is 65.8 Å². The van der Waals surface area contributed by atoms with Gasteiger partial charge in [0.25, 0.3) is 0 Å². The summed E-state index contributed by atoms with van der Waals surface area (Å²) in [6.07, 6.45) is 6.26. The lowest BCUT2D eigenvalue weighted by molar-refractivity contribution is 0.948. The second kappa shape index (κ2) is 13.4. The molecular formula is C21H34. The fraction of sp³-hybridized carbons (Fsp3) is 0.429. The van der Waals surface area contributed by atoms with Crippen molar-refractivity contribution in [3.8, 4) is 0 Å². The van der Waals surface area contributed by atoms with Gasteiger partial charge in [-0.05, 0) is 29.2 Å². The van der Waals surface area contributed by atoms with Crippen molar-refractivity contribution < 1.29 is 0 Å². The Morgan fingerprint density at radius 1 is 0.952 bits per heavy atom. The molecule has 118 valence electrons. The molecule has 1 unspecified atom stereocenters. The van der Waals surface area contributed by atoms with Crippen LogP contribution in [0.15, 0.2) is 54.6 Å². The summed E-state index contributed by atoms with van der Waals surface area (Å²) in [4.78, 5) is 0. The van der Waals surface area contributed by atoms with Gasteiger partial charge in [-0.3, -0.25) is 0 Å². The first-order valence-electron chi connectivity index (χ1n) is 8.38. The Balaban J connectivity index is 0. The summed E-state index contributed by atoms with van der Waals surface area (Å²) in [6, 6.07) is 8.60. The van der Waals surface area contributed by atoms with Crippen molar-refractivity contribution in [2.45, 2.75) is 61.3 Å². The van der Waals surface area contributed by atoms with Gasteiger partial charge in [0.2, 0.25) is 0 Å². The minimum Gasteiger partial charge on any atom is -0.0987 e. The lowest BCUT2D eigenvalue weighted by atomic mass is 9.98. The lowest BCUT2D eigenvalue weighted by Crippen LogP contribution is -1.89. The molecule has 0 heterocycles. The average molecular weight is 287 g/mol. The van der Waals surface area contributed by atoms with E-state index in [1.807, 2.05) is 47.6 Å². The third kappa shape index (κ3) is 5.38. The molecule has 1 atom stereocenters. The van der Waals surface area contributed by atoms with Crippen LogP contribution in [0.3, 0.4) is 0 Å². The van der Waals surface area contributed by atoms with Gasteiger partial charge in [-0.2, -0.15) is 0 Å². The third-order valence-corrected chi connectivity index (χ3v) is 3.05. The Labute approximate surface area is 133 Å². The topological polar surface area (TPSA) is 0 Å². The second-order valence-corrected chi connectivity index (χ2v) is 3.88. The molecule has 0 heteroatoms. The van der Waals surface area contributed by atoms with E-state index in [1.165, 1.54) is 22.3 Å². The molecular weight excluding hydrogens is 252 g/mol. The van der Waals surface area contributed by atoms with E-state index in [0.29, 0.717) is 5.92 Å². The van der Waals surface area contributed by atoms with E-state index in [-0.39, 0.29) is 0 Å². The summed E-state index contributed by atoms with van der Waals surface area (Å²) < 4.78 is 0. The van der Waals surface area contributed by atoms with Crippen molar-refractivity contribution in [3.63, 3.8) is 0 Å². The second-order valence-electron chi connectivity index (χ2n) is 3.88. The van der Waals surface area contributed by atoms with Crippen LogP contribution >= 0.6 is 0 Å². The highest BCUT2D eigenvalue weighted by atomic mass is 14.3. The first kappa shape index (κ1) is 21.7. The molecule has 0 nitrogen and oxygen atoms in total. The van der Waals surface area contributed by atoms with Crippen molar-refractivity contribution >= 4 is 5.57 Å². The molecule has 0 saturated carbocycles. The monoisotopic (exact) mass is 286 g/mol. The van der Waals surface area contributed by atoms with Crippen LogP contribution in [0.2, 0.25) is 0 Å². The Kier molecular flexibility index (Phi) is 13.9. The van der Waals surface area contributed by atoms with Crippen molar-refractivity contribution in [2.24, 2.45) is 0 Å². The van der Waals surface area contributed by atoms with E-state index in [0.717, 1.165) is 0 Å². The van der Waals surface area contributed by atoms with Crippen LogP contribution in [0.1, 0.15) is 72.4 Å². The fourth-order valence-corrected chi connectivity index (χ4v) is 2.32. The van der Waals surface area contributed by atoms with Gasteiger partial charge < -0.3 is 0 Å². The number of allylic oxidation sites excluding steroid dienone is 5. The molecule has 0 aliphatic heterocycles. The van der Waals surface area contributed by atoms with E-state index in [1.54, 1.807) is 0 Å². The van der Waals surface area contributed by atoms with Gasteiger partial charge in [0.1, 0.15) is 0 Å². The largest absolute Gasteiger partial charge is 0.0987 e. The van der Waals surface area contributed by atoms with E-state index in [2.05, 4.69) is 56.8 Å². The molecule has 0 bridgehead atoms. The minimum atomic E-state index is 0.477. The molecule has 0 N–H and O–H groups in total. The molecule has 1 aromatic rings. The number of fused-ring (bicyclic) bond motifs is 1. The highest BCUT2D eigenvalue weighted by molar-refractivity contribution is 5.85. The maximum Gasteiger partial charge on any atom is 0.00730 e. The van der Waals surface area contributed by atoms with E-state index in [4.69, 9.17) is 0 Å². The Morgan fingerprint density at radius 3 is 1.95 bits per heavy atom. The van der Waals surface area contributed by atoms with Crippen LogP contribution in [-0.4, -0.2) is 0 Å². The molecule has 0 radical (unpaired) electrons. The highest BCUT2D eigenvalue weighted by Gasteiger charge is 2.23. The highest BCUT2D eigenvalue weighted by Crippen LogP contribution is 2.42. The zero-order valence-corrected chi connectivity index (χ0v) is 15.3. The van der Waals surface area contributed by atoms with Gasteiger partial charge in [-0.1, -0.05) is 97.5 Å². The summed E-state index contributed by atoms with van der Waals surface area (Å²) in [5.41, 5.74) is 5.45. The van der Waals surface area contributed by atoms with Crippen LogP contribution in [0.25, 0.3) is 5.57 Å². The molecule has 1 aromatic carbocycles. The maximum atomic E-state index is 3.92. The number of benzene rings is 1. The van der Waals surface area contributed by atoms with Crippen LogP contribution in [0, 0.1) is 0 Å². The molecule has 2 rings (SSSR count). The predicted molar refractivity (Wildman–Crippen MR) is 101 cm³/mol. The van der Waals surface area contributed by atoms with Crippen LogP contribution in [-0.2, 0) is 0 Å². The summed E-state index contributed by atoms with van der Waals surface area (Å²) in [6.45, 7) is 20.2. The van der Waals surface area contributed by atoms with Crippen LogP contribution in [0.5, 0.6) is 0 Å². The molecule has 0 spiro atoms. The zero-order chi connectivity index (χ0) is 16.8. The number of hydrogen-bond acceptors (Lipinski definition) is 0.